The molecule has 0 saturated carbocycles. The van der Waals surface area contributed by atoms with Crippen molar-refractivity contribution in [1.29, 1.82) is 0 Å². The highest BCUT2D eigenvalue weighted by Crippen LogP contribution is 2.36. The molecule has 5 heteroatoms. The summed E-state index contributed by atoms with van der Waals surface area (Å²) in [7, 11) is 1.69. The van der Waals surface area contributed by atoms with Gasteiger partial charge in [0.2, 0.25) is 0 Å². The molecule has 0 amide bonds. The number of hydrogen-bond donors (Lipinski definition) is 0. The molecule has 0 aliphatic rings. The Hall–Kier alpha value is -4.04. The van der Waals surface area contributed by atoms with E-state index in [0.717, 1.165) is 45.1 Å². The van der Waals surface area contributed by atoms with Crippen molar-refractivity contribution in [1.82, 2.24) is 19.2 Å². The normalized spacial score (nSPS) is 11.2. The van der Waals surface area contributed by atoms with E-state index >= 15 is 0 Å². The number of ether oxygens (including phenoxy) is 1. The third-order valence-corrected chi connectivity index (χ3v) is 6.65. The minimum atomic E-state index is 0.674. The molecule has 5 rings (SSSR count). The fraction of sp³-hybridized carbons (Fsp3) is 0.267. The third kappa shape index (κ3) is 3.76. The maximum Gasteiger partial charge on any atom is 0.165 e. The second kappa shape index (κ2) is 8.63. The molecule has 0 N–H and O–H groups in total. The van der Waals surface area contributed by atoms with Crippen molar-refractivity contribution in [2.24, 2.45) is 0 Å². The van der Waals surface area contributed by atoms with Gasteiger partial charge in [-0.25, -0.2) is 4.98 Å². The van der Waals surface area contributed by atoms with Gasteiger partial charge in [0.1, 0.15) is 11.4 Å². The Morgan fingerprint density at radius 2 is 1.57 bits per heavy atom. The van der Waals surface area contributed by atoms with Gasteiger partial charge in [-0.3, -0.25) is 0 Å². The smallest absolute Gasteiger partial charge is 0.165 e. The van der Waals surface area contributed by atoms with Gasteiger partial charge in [0.05, 0.1) is 36.3 Å². The lowest BCUT2D eigenvalue weighted by Gasteiger charge is -2.12. The summed E-state index contributed by atoms with van der Waals surface area (Å²) in [5.74, 6) is 7.22. The van der Waals surface area contributed by atoms with E-state index in [2.05, 4.69) is 81.4 Å². The molecule has 0 bridgehead atoms. The number of nitrogens with zero attached hydrogens (tertiary/aromatic N) is 4. The van der Waals surface area contributed by atoms with Crippen LogP contribution in [0.5, 0.6) is 5.75 Å². The predicted octanol–water partition coefficient (Wildman–Crippen LogP) is 6.32. The molecule has 0 aliphatic carbocycles. The summed E-state index contributed by atoms with van der Waals surface area (Å²) in [4.78, 5) is 5.07. The quantitative estimate of drug-likeness (QED) is 0.294. The Morgan fingerprint density at radius 1 is 0.886 bits per heavy atom. The van der Waals surface area contributed by atoms with Gasteiger partial charge >= 0.3 is 0 Å². The van der Waals surface area contributed by atoms with Gasteiger partial charge in [-0.15, -0.1) is 0 Å². The lowest BCUT2D eigenvalue weighted by atomic mass is 9.94. The van der Waals surface area contributed by atoms with Crippen molar-refractivity contribution in [3.8, 4) is 28.7 Å². The standard InChI is InChI=1S/C30H30N4O/c1-8-9-24-16-26-21(5)31-29-28(27-19(3)14-18(2)15-20(27)4)22(6)32-34(29)30(26)33(24)17-23-10-12-25(35-7)13-11-23/h10-16H,17H2,1-7H3. The van der Waals surface area contributed by atoms with Crippen LogP contribution in [-0.2, 0) is 6.54 Å². The molecule has 3 heterocycles. The van der Waals surface area contributed by atoms with Crippen LogP contribution in [0, 0.1) is 46.5 Å². The van der Waals surface area contributed by atoms with Crippen molar-refractivity contribution < 1.29 is 4.74 Å². The first-order chi connectivity index (χ1) is 16.8. The fourth-order valence-electron chi connectivity index (χ4n) is 5.19. The molecular formula is C30H30N4O. The van der Waals surface area contributed by atoms with Crippen molar-refractivity contribution >= 4 is 16.7 Å². The SMILES string of the molecule is CC#Cc1cc2c(C)nc3c(-c4c(C)cc(C)cc4C)c(C)nn3c2n1Cc1ccc(OC)cc1. The monoisotopic (exact) mass is 462 g/mol. The van der Waals surface area contributed by atoms with Gasteiger partial charge in [-0.1, -0.05) is 35.7 Å². The minimum Gasteiger partial charge on any atom is -0.497 e. The van der Waals surface area contributed by atoms with Crippen LogP contribution in [0.25, 0.3) is 27.8 Å². The molecule has 35 heavy (non-hydrogen) atoms. The highest BCUT2D eigenvalue weighted by molar-refractivity contribution is 5.90. The number of hydrogen-bond acceptors (Lipinski definition) is 3. The summed E-state index contributed by atoms with van der Waals surface area (Å²) >= 11 is 0. The van der Waals surface area contributed by atoms with E-state index in [1.54, 1.807) is 7.11 Å². The van der Waals surface area contributed by atoms with Crippen LogP contribution in [0.1, 0.15) is 46.3 Å². The molecule has 0 saturated heterocycles. The molecule has 5 aromatic rings. The molecule has 0 aliphatic heterocycles. The Kier molecular flexibility index (Phi) is 5.61. The Bertz CT molecular complexity index is 1630. The van der Waals surface area contributed by atoms with E-state index in [9.17, 15) is 0 Å². The molecule has 0 unspecified atom stereocenters. The first-order valence-electron chi connectivity index (χ1n) is 11.9. The Morgan fingerprint density at radius 3 is 2.20 bits per heavy atom. The molecule has 0 radical (unpaired) electrons. The summed E-state index contributed by atoms with van der Waals surface area (Å²) in [6, 6.07) is 14.8. The number of methoxy groups -OCH3 is 1. The number of fused-ring (bicyclic) bond motifs is 3. The fourth-order valence-corrected chi connectivity index (χ4v) is 5.19. The zero-order valence-electron chi connectivity index (χ0n) is 21.4. The summed E-state index contributed by atoms with van der Waals surface area (Å²) in [6.07, 6.45) is 0. The molecule has 5 nitrogen and oxygen atoms in total. The number of aromatic nitrogens is 4. The van der Waals surface area contributed by atoms with E-state index in [4.69, 9.17) is 14.8 Å². The summed E-state index contributed by atoms with van der Waals surface area (Å²) in [5, 5.41) is 6.10. The van der Waals surface area contributed by atoms with E-state index in [0.29, 0.717) is 6.54 Å². The Labute approximate surface area is 206 Å². The average molecular weight is 463 g/mol. The van der Waals surface area contributed by atoms with Gasteiger partial charge < -0.3 is 9.30 Å². The van der Waals surface area contributed by atoms with Gasteiger partial charge in [-0.05, 0) is 87.9 Å². The van der Waals surface area contributed by atoms with E-state index in [1.165, 1.54) is 27.8 Å². The van der Waals surface area contributed by atoms with Gasteiger partial charge in [0.25, 0.3) is 0 Å². The number of aryl methyl sites for hydroxylation is 5. The first-order valence-corrected chi connectivity index (χ1v) is 11.9. The zero-order chi connectivity index (χ0) is 24.9. The largest absolute Gasteiger partial charge is 0.497 e. The van der Waals surface area contributed by atoms with Crippen LogP contribution < -0.4 is 4.74 Å². The highest BCUT2D eigenvalue weighted by atomic mass is 16.5. The Balaban J connectivity index is 1.82. The van der Waals surface area contributed by atoms with Crippen molar-refractivity contribution in [3.63, 3.8) is 0 Å². The van der Waals surface area contributed by atoms with Crippen LogP contribution in [0.15, 0.2) is 42.5 Å². The second-order valence-electron chi connectivity index (χ2n) is 9.24. The van der Waals surface area contributed by atoms with Gasteiger partial charge in [0, 0.05) is 5.39 Å². The first kappa shape index (κ1) is 22.7. The molecular weight excluding hydrogens is 432 g/mol. The van der Waals surface area contributed by atoms with Crippen molar-refractivity contribution in [2.45, 2.75) is 48.1 Å². The number of benzene rings is 2. The lowest BCUT2D eigenvalue weighted by Crippen LogP contribution is -2.07. The van der Waals surface area contributed by atoms with Crippen LogP contribution in [0.4, 0.5) is 0 Å². The van der Waals surface area contributed by atoms with Crippen LogP contribution in [0.3, 0.4) is 0 Å². The van der Waals surface area contributed by atoms with Crippen LogP contribution in [0.2, 0.25) is 0 Å². The summed E-state index contributed by atoms with van der Waals surface area (Å²) in [5.41, 5.74) is 12.0. The second-order valence-corrected chi connectivity index (χ2v) is 9.24. The van der Waals surface area contributed by atoms with Gasteiger partial charge in [0.15, 0.2) is 5.65 Å². The molecule has 3 aromatic heterocycles. The maximum atomic E-state index is 5.34. The summed E-state index contributed by atoms with van der Waals surface area (Å²) < 4.78 is 9.60. The average Bonchev–Trinajstić information content (AvgIpc) is 3.32. The van der Waals surface area contributed by atoms with Crippen LogP contribution >= 0.6 is 0 Å². The van der Waals surface area contributed by atoms with Crippen LogP contribution in [-0.4, -0.2) is 26.3 Å². The van der Waals surface area contributed by atoms with E-state index < -0.39 is 0 Å². The third-order valence-electron chi connectivity index (χ3n) is 6.65. The van der Waals surface area contributed by atoms with E-state index in [1.807, 2.05) is 23.6 Å². The highest BCUT2D eigenvalue weighted by Gasteiger charge is 2.22. The van der Waals surface area contributed by atoms with Crippen molar-refractivity contribution in [3.05, 3.63) is 81.8 Å². The molecule has 176 valence electrons. The molecule has 2 aromatic carbocycles. The van der Waals surface area contributed by atoms with Gasteiger partial charge in [-0.2, -0.15) is 9.61 Å². The maximum absolute atomic E-state index is 5.34. The molecule has 0 spiro atoms. The zero-order valence-corrected chi connectivity index (χ0v) is 21.4. The van der Waals surface area contributed by atoms with Crippen molar-refractivity contribution in [2.75, 3.05) is 7.11 Å². The lowest BCUT2D eigenvalue weighted by molar-refractivity contribution is 0.414. The summed E-state index contributed by atoms with van der Waals surface area (Å²) in [6.45, 7) is 13.2. The molecule has 0 fully saturated rings. The van der Waals surface area contributed by atoms with E-state index in [-0.39, 0.29) is 0 Å². The minimum absolute atomic E-state index is 0.674. The molecule has 0 atom stereocenters. The number of rotatable bonds is 4. The topological polar surface area (TPSA) is 44.4 Å². The predicted molar refractivity (Wildman–Crippen MR) is 142 cm³/mol.